The topological polar surface area (TPSA) is 58.2 Å². The molecule has 0 aromatic heterocycles. The van der Waals surface area contributed by atoms with Gasteiger partial charge in [0.05, 0.1) is 6.04 Å². The maximum atomic E-state index is 12.8. The molecule has 2 N–H and O–H groups in total. The molecule has 1 aromatic rings. The lowest BCUT2D eigenvalue weighted by atomic mass is 9.82. The molecular formula is C22H34N2O2. The van der Waals surface area contributed by atoms with E-state index in [1.165, 1.54) is 0 Å². The smallest absolute Gasteiger partial charge is 0.243 e. The van der Waals surface area contributed by atoms with Crippen LogP contribution < -0.4 is 10.6 Å². The van der Waals surface area contributed by atoms with E-state index in [2.05, 4.69) is 31.4 Å². The second-order valence-corrected chi connectivity index (χ2v) is 8.29. The first-order chi connectivity index (χ1) is 12.4. The number of benzene rings is 1. The van der Waals surface area contributed by atoms with Gasteiger partial charge in [0.2, 0.25) is 11.8 Å². The van der Waals surface area contributed by atoms with Gasteiger partial charge in [0, 0.05) is 5.92 Å². The van der Waals surface area contributed by atoms with E-state index in [1.54, 1.807) is 0 Å². The summed E-state index contributed by atoms with van der Waals surface area (Å²) in [6.07, 6.45) is 4.73. The van der Waals surface area contributed by atoms with Crippen LogP contribution in [0.25, 0.3) is 0 Å². The summed E-state index contributed by atoms with van der Waals surface area (Å²) >= 11 is 0. The summed E-state index contributed by atoms with van der Waals surface area (Å²) in [4.78, 5) is 25.5. The lowest BCUT2D eigenvalue weighted by Crippen LogP contribution is -2.49. The summed E-state index contributed by atoms with van der Waals surface area (Å²) < 4.78 is 0. The summed E-state index contributed by atoms with van der Waals surface area (Å²) in [5, 5.41) is 6.10. The van der Waals surface area contributed by atoms with Crippen LogP contribution in [0.3, 0.4) is 0 Å². The molecule has 0 aliphatic heterocycles. The average molecular weight is 359 g/mol. The zero-order chi connectivity index (χ0) is 19.1. The fourth-order valence-corrected chi connectivity index (χ4v) is 3.65. The number of hydrogen-bond donors (Lipinski definition) is 2. The van der Waals surface area contributed by atoms with Gasteiger partial charge in [-0.1, -0.05) is 51.1 Å². The third kappa shape index (κ3) is 6.15. The van der Waals surface area contributed by atoms with Crippen molar-refractivity contribution in [3.05, 3.63) is 35.9 Å². The average Bonchev–Trinajstić information content (AvgIpc) is 2.62. The zero-order valence-electron chi connectivity index (χ0n) is 16.6. The van der Waals surface area contributed by atoms with Crippen LogP contribution in [0.2, 0.25) is 0 Å². The van der Waals surface area contributed by atoms with Crippen LogP contribution in [0, 0.1) is 17.8 Å². The Balaban J connectivity index is 1.96. The molecule has 144 valence electrons. The molecule has 4 nitrogen and oxygen atoms in total. The van der Waals surface area contributed by atoms with Crippen LogP contribution in [-0.4, -0.2) is 17.9 Å². The van der Waals surface area contributed by atoms with E-state index in [-0.39, 0.29) is 23.8 Å². The van der Waals surface area contributed by atoms with Gasteiger partial charge in [-0.3, -0.25) is 9.59 Å². The van der Waals surface area contributed by atoms with E-state index in [9.17, 15) is 9.59 Å². The minimum atomic E-state index is -0.465. The number of amides is 2. The molecular weight excluding hydrogens is 324 g/mol. The molecule has 2 rings (SSSR count). The van der Waals surface area contributed by atoms with Gasteiger partial charge in [0.25, 0.3) is 0 Å². The molecule has 1 aliphatic rings. The number of hydrogen-bond acceptors (Lipinski definition) is 2. The third-order valence-electron chi connectivity index (χ3n) is 5.39. The van der Waals surface area contributed by atoms with E-state index in [0.717, 1.165) is 31.2 Å². The molecule has 0 spiro atoms. The van der Waals surface area contributed by atoms with Crippen molar-refractivity contribution in [1.82, 2.24) is 10.6 Å². The Bertz CT molecular complexity index is 577. The lowest BCUT2D eigenvalue weighted by molar-refractivity contribution is -0.132. The van der Waals surface area contributed by atoms with E-state index in [1.807, 2.05) is 37.3 Å². The van der Waals surface area contributed by atoms with Gasteiger partial charge in [-0.25, -0.2) is 0 Å². The zero-order valence-corrected chi connectivity index (χ0v) is 16.6. The molecule has 1 aliphatic carbocycles. The van der Waals surface area contributed by atoms with Crippen molar-refractivity contribution in [1.29, 1.82) is 0 Å². The highest BCUT2D eigenvalue weighted by molar-refractivity contribution is 5.88. The maximum Gasteiger partial charge on any atom is 0.243 e. The first-order valence-electron chi connectivity index (χ1n) is 10.0. The van der Waals surface area contributed by atoms with Crippen molar-refractivity contribution < 1.29 is 9.59 Å². The Morgan fingerprint density at radius 3 is 2.19 bits per heavy atom. The molecule has 26 heavy (non-hydrogen) atoms. The number of carbonyl (C=O) groups excluding carboxylic acids is 2. The molecule has 0 bridgehead atoms. The van der Waals surface area contributed by atoms with Crippen molar-refractivity contribution in [3.63, 3.8) is 0 Å². The normalized spacial score (nSPS) is 22.5. The number of nitrogens with one attached hydrogen (secondary N) is 2. The van der Waals surface area contributed by atoms with Crippen molar-refractivity contribution in [2.24, 2.45) is 17.8 Å². The minimum Gasteiger partial charge on any atom is -0.348 e. The fourth-order valence-electron chi connectivity index (χ4n) is 3.65. The highest BCUT2D eigenvalue weighted by atomic mass is 16.2. The third-order valence-corrected chi connectivity index (χ3v) is 5.39. The monoisotopic (exact) mass is 358 g/mol. The number of rotatable bonds is 7. The summed E-state index contributed by atoms with van der Waals surface area (Å²) in [5.41, 5.74) is 1.07. The molecule has 1 fully saturated rings. The Labute approximate surface area is 158 Å². The highest BCUT2D eigenvalue weighted by Gasteiger charge is 2.29. The highest BCUT2D eigenvalue weighted by Crippen LogP contribution is 2.28. The van der Waals surface area contributed by atoms with Gasteiger partial charge in [-0.15, -0.1) is 0 Å². The van der Waals surface area contributed by atoms with E-state index in [4.69, 9.17) is 0 Å². The Morgan fingerprint density at radius 1 is 1.00 bits per heavy atom. The molecule has 0 saturated heterocycles. The van der Waals surface area contributed by atoms with Crippen molar-refractivity contribution in [3.8, 4) is 0 Å². The van der Waals surface area contributed by atoms with Gasteiger partial charge in [-0.05, 0) is 56.4 Å². The van der Waals surface area contributed by atoms with E-state index >= 15 is 0 Å². The Kier molecular flexibility index (Phi) is 7.67. The van der Waals surface area contributed by atoms with Crippen LogP contribution in [0.4, 0.5) is 0 Å². The first-order valence-corrected chi connectivity index (χ1v) is 10.0. The standard InChI is InChI=1S/C22H34N2O2/c1-15(2)14-20(24-21(25)19-12-10-16(3)11-13-19)22(26)23-17(4)18-8-6-5-7-9-18/h5-9,15-17,19-20H,10-14H2,1-4H3,(H,23,26)(H,24,25)/t16?,17-,19?,20-/m1/s1. The molecule has 0 heterocycles. The van der Waals surface area contributed by atoms with Crippen LogP contribution in [-0.2, 0) is 9.59 Å². The van der Waals surface area contributed by atoms with Gasteiger partial charge in [0.1, 0.15) is 6.04 Å². The predicted molar refractivity (Wildman–Crippen MR) is 106 cm³/mol. The molecule has 0 radical (unpaired) electrons. The number of carbonyl (C=O) groups is 2. The lowest BCUT2D eigenvalue weighted by Gasteiger charge is -2.28. The summed E-state index contributed by atoms with van der Waals surface area (Å²) in [6, 6.07) is 9.36. The molecule has 2 atom stereocenters. The Hall–Kier alpha value is -1.84. The van der Waals surface area contributed by atoms with Gasteiger partial charge >= 0.3 is 0 Å². The fraction of sp³-hybridized carbons (Fsp3) is 0.636. The summed E-state index contributed by atoms with van der Waals surface area (Å²) in [6.45, 7) is 8.38. The minimum absolute atomic E-state index is 0.0464. The Morgan fingerprint density at radius 2 is 1.62 bits per heavy atom. The second-order valence-electron chi connectivity index (χ2n) is 8.29. The van der Waals surface area contributed by atoms with E-state index in [0.29, 0.717) is 18.3 Å². The van der Waals surface area contributed by atoms with Gasteiger partial charge < -0.3 is 10.6 Å². The first kappa shape index (κ1) is 20.5. The summed E-state index contributed by atoms with van der Waals surface area (Å²) in [5.74, 6) is 1.06. The van der Waals surface area contributed by atoms with E-state index < -0.39 is 6.04 Å². The largest absolute Gasteiger partial charge is 0.348 e. The van der Waals surface area contributed by atoms with Crippen molar-refractivity contribution in [2.45, 2.75) is 71.9 Å². The molecule has 1 saturated carbocycles. The summed E-state index contributed by atoms with van der Waals surface area (Å²) in [7, 11) is 0. The van der Waals surface area contributed by atoms with Crippen molar-refractivity contribution in [2.75, 3.05) is 0 Å². The van der Waals surface area contributed by atoms with Crippen LogP contribution in [0.5, 0.6) is 0 Å². The second kappa shape index (κ2) is 9.75. The molecule has 2 amide bonds. The predicted octanol–water partition coefficient (Wildman–Crippen LogP) is 4.22. The quantitative estimate of drug-likeness (QED) is 0.767. The van der Waals surface area contributed by atoms with Crippen LogP contribution in [0.1, 0.15) is 71.4 Å². The molecule has 0 unspecified atom stereocenters. The SMILES string of the molecule is CC(C)C[C@@H](NC(=O)C1CCC(C)CC1)C(=O)N[C@H](C)c1ccccc1. The van der Waals surface area contributed by atoms with Gasteiger partial charge in [0.15, 0.2) is 0 Å². The van der Waals surface area contributed by atoms with Crippen LogP contribution in [0.15, 0.2) is 30.3 Å². The molecule has 1 aromatic carbocycles. The maximum absolute atomic E-state index is 12.8. The van der Waals surface area contributed by atoms with Crippen molar-refractivity contribution >= 4 is 11.8 Å². The van der Waals surface area contributed by atoms with Crippen LogP contribution >= 0.6 is 0 Å². The molecule has 4 heteroatoms. The van der Waals surface area contributed by atoms with Gasteiger partial charge in [-0.2, -0.15) is 0 Å².